The van der Waals surface area contributed by atoms with Crippen LogP contribution in [0.15, 0.2) is 0 Å². The normalized spacial score (nSPS) is 13.9. The van der Waals surface area contributed by atoms with Crippen molar-refractivity contribution >= 4 is 21.9 Å². The predicted octanol–water partition coefficient (Wildman–Crippen LogP) is 1.10. The summed E-state index contributed by atoms with van der Waals surface area (Å²) in [6, 6.07) is 0. The second-order valence-corrected chi connectivity index (χ2v) is 6.13. The van der Waals surface area contributed by atoms with Crippen LogP contribution in [0.1, 0.15) is 13.8 Å². The lowest BCUT2D eigenvalue weighted by Gasteiger charge is -2.28. The van der Waals surface area contributed by atoms with Gasteiger partial charge in [0.05, 0.1) is 7.11 Å². The van der Waals surface area contributed by atoms with Crippen LogP contribution >= 0.6 is 15.9 Å². The third kappa shape index (κ3) is 7.19. The lowest BCUT2D eigenvalue weighted by Crippen LogP contribution is -2.40. The maximum atomic E-state index is 11.1. The number of nitrogens with zero attached hydrogens (tertiary/aromatic N) is 1. The van der Waals surface area contributed by atoms with Gasteiger partial charge >= 0.3 is 5.97 Å². The standard InChI is InChI=1S/C11H23BrN2O2/c1-11(2,8-14(3)4)7-13-6-9(12)10(15)16-5/h9,13H,6-8H2,1-5H3. The predicted molar refractivity (Wildman–Crippen MR) is 69.9 cm³/mol. The molecule has 1 N–H and O–H groups in total. The van der Waals surface area contributed by atoms with E-state index in [2.05, 4.69) is 58.8 Å². The molecule has 16 heavy (non-hydrogen) atoms. The lowest BCUT2D eigenvalue weighted by atomic mass is 9.93. The molecule has 0 fully saturated rings. The number of halogens is 1. The van der Waals surface area contributed by atoms with Crippen LogP contribution in [-0.2, 0) is 9.53 Å². The molecule has 96 valence electrons. The average molecular weight is 295 g/mol. The fourth-order valence-corrected chi connectivity index (χ4v) is 2.08. The van der Waals surface area contributed by atoms with Gasteiger partial charge in [-0.1, -0.05) is 29.8 Å². The highest BCUT2D eigenvalue weighted by atomic mass is 79.9. The summed E-state index contributed by atoms with van der Waals surface area (Å²) in [5.74, 6) is -0.238. The number of ether oxygens (including phenoxy) is 1. The number of hydrogen-bond donors (Lipinski definition) is 1. The minimum Gasteiger partial charge on any atom is -0.468 e. The number of methoxy groups -OCH3 is 1. The van der Waals surface area contributed by atoms with Gasteiger partial charge in [-0.25, -0.2) is 0 Å². The zero-order chi connectivity index (χ0) is 12.8. The van der Waals surface area contributed by atoms with Crippen molar-refractivity contribution in [2.45, 2.75) is 18.7 Å². The Bertz CT molecular complexity index is 220. The van der Waals surface area contributed by atoms with Gasteiger partial charge in [-0.3, -0.25) is 4.79 Å². The van der Waals surface area contributed by atoms with E-state index in [1.54, 1.807) is 0 Å². The van der Waals surface area contributed by atoms with Gasteiger partial charge < -0.3 is 15.0 Å². The van der Waals surface area contributed by atoms with E-state index in [0.29, 0.717) is 6.54 Å². The van der Waals surface area contributed by atoms with Gasteiger partial charge in [0.2, 0.25) is 0 Å². The molecule has 5 heteroatoms. The molecule has 0 heterocycles. The highest BCUT2D eigenvalue weighted by molar-refractivity contribution is 9.10. The molecule has 0 aromatic carbocycles. The van der Waals surface area contributed by atoms with Crippen LogP contribution in [0.2, 0.25) is 0 Å². The molecular weight excluding hydrogens is 272 g/mol. The Morgan fingerprint density at radius 1 is 1.50 bits per heavy atom. The van der Waals surface area contributed by atoms with E-state index < -0.39 is 0 Å². The summed E-state index contributed by atoms with van der Waals surface area (Å²) >= 11 is 3.27. The van der Waals surface area contributed by atoms with E-state index in [9.17, 15) is 4.79 Å². The monoisotopic (exact) mass is 294 g/mol. The van der Waals surface area contributed by atoms with Crippen molar-refractivity contribution in [3.8, 4) is 0 Å². The number of hydrogen-bond acceptors (Lipinski definition) is 4. The van der Waals surface area contributed by atoms with Crippen molar-refractivity contribution in [3.05, 3.63) is 0 Å². The molecule has 1 atom stereocenters. The molecule has 0 rings (SSSR count). The molecule has 0 aromatic heterocycles. The molecule has 0 spiro atoms. The molecular formula is C11H23BrN2O2. The summed E-state index contributed by atoms with van der Waals surface area (Å²) in [5, 5.41) is 3.27. The quantitative estimate of drug-likeness (QED) is 0.564. The van der Waals surface area contributed by atoms with E-state index in [1.165, 1.54) is 7.11 Å². The number of carbonyl (C=O) groups is 1. The van der Waals surface area contributed by atoms with Gasteiger partial charge in [-0.2, -0.15) is 0 Å². The first kappa shape index (κ1) is 15.9. The summed E-state index contributed by atoms with van der Waals surface area (Å²) in [6.07, 6.45) is 0. The Hall–Kier alpha value is -0.130. The molecule has 0 radical (unpaired) electrons. The van der Waals surface area contributed by atoms with Crippen molar-refractivity contribution < 1.29 is 9.53 Å². The maximum Gasteiger partial charge on any atom is 0.320 e. The van der Waals surface area contributed by atoms with Gasteiger partial charge in [-0.15, -0.1) is 0 Å². The fraction of sp³-hybridized carbons (Fsp3) is 0.909. The van der Waals surface area contributed by atoms with E-state index >= 15 is 0 Å². The van der Waals surface area contributed by atoms with Gasteiger partial charge in [0, 0.05) is 19.6 Å². The minimum atomic E-state index is -0.271. The van der Waals surface area contributed by atoms with Gasteiger partial charge in [0.15, 0.2) is 0 Å². The second-order valence-electron chi connectivity index (χ2n) is 5.02. The molecule has 0 bridgehead atoms. The van der Waals surface area contributed by atoms with Crippen LogP contribution in [0.4, 0.5) is 0 Å². The number of carbonyl (C=O) groups excluding carboxylic acids is 1. The number of alkyl halides is 1. The molecule has 0 amide bonds. The first-order chi connectivity index (χ1) is 7.28. The Morgan fingerprint density at radius 3 is 2.50 bits per heavy atom. The van der Waals surface area contributed by atoms with Crippen LogP contribution in [0.3, 0.4) is 0 Å². The van der Waals surface area contributed by atoms with Gasteiger partial charge in [0.1, 0.15) is 4.83 Å². The topological polar surface area (TPSA) is 41.6 Å². The minimum absolute atomic E-state index is 0.187. The second kappa shape index (κ2) is 7.25. The molecule has 0 aliphatic rings. The van der Waals surface area contributed by atoms with Gasteiger partial charge in [-0.05, 0) is 19.5 Å². The van der Waals surface area contributed by atoms with Crippen LogP contribution in [0.5, 0.6) is 0 Å². The van der Waals surface area contributed by atoms with Crippen molar-refractivity contribution in [1.29, 1.82) is 0 Å². The number of nitrogens with one attached hydrogen (secondary N) is 1. The van der Waals surface area contributed by atoms with Crippen LogP contribution in [-0.4, -0.2) is 56.5 Å². The van der Waals surface area contributed by atoms with Crippen LogP contribution in [0, 0.1) is 5.41 Å². The van der Waals surface area contributed by atoms with Gasteiger partial charge in [0.25, 0.3) is 0 Å². The van der Waals surface area contributed by atoms with E-state index in [0.717, 1.165) is 13.1 Å². The number of esters is 1. The van der Waals surface area contributed by atoms with E-state index in [1.807, 2.05) is 0 Å². The molecule has 0 saturated heterocycles. The van der Waals surface area contributed by atoms with Crippen molar-refractivity contribution in [2.24, 2.45) is 5.41 Å². The highest BCUT2D eigenvalue weighted by Crippen LogP contribution is 2.14. The zero-order valence-electron chi connectivity index (χ0n) is 10.8. The van der Waals surface area contributed by atoms with Crippen molar-refractivity contribution in [1.82, 2.24) is 10.2 Å². The zero-order valence-corrected chi connectivity index (χ0v) is 12.4. The highest BCUT2D eigenvalue weighted by Gasteiger charge is 2.20. The first-order valence-corrected chi connectivity index (χ1v) is 6.27. The fourth-order valence-electron chi connectivity index (χ4n) is 1.66. The summed E-state index contributed by atoms with van der Waals surface area (Å²) in [4.78, 5) is 13.0. The summed E-state index contributed by atoms with van der Waals surface area (Å²) < 4.78 is 4.63. The molecule has 4 nitrogen and oxygen atoms in total. The van der Waals surface area contributed by atoms with Crippen LogP contribution < -0.4 is 5.32 Å². The summed E-state index contributed by atoms with van der Waals surface area (Å²) in [6.45, 7) is 6.85. The van der Waals surface area contributed by atoms with Crippen molar-refractivity contribution in [2.75, 3.05) is 40.8 Å². The third-order valence-corrected chi connectivity index (χ3v) is 2.83. The SMILES string of the molecule is COC(=O)C(Br)CNCC(C)(C)CN(C)C. The van der Waals surface area contributed by atoms with E-state index in [-0.39, 0.29) is 16.2 Å². The maximum absolute atomic E-state index is 11.1. The average Bonchev–Trinajstić information content (AvgIpc) is 2.13. The summed E-state index contributed by atoms with van der Waals surface area (Å²) in [5.41, 5.74) is 0.187. The van der Waals surface area contributed by atoms with Crippen LogP contribution in [0.25, 0.3) is 0 Å². The smallest absolute Gasteiger partial charge is 0.320 e. The largest absolute Gasteiger partial charge is 0.468 e. The Morgan fingerprint density at radius 2 is 2.06 bits per heavy atom. The molecule has 0 aromatic rings. The molecule has 0 saturated carbocycles. The molecule has 1 unspecified atom stereocenters. The third-order valence-electron chi connectivity index (χ3n) is 2.13. The Balaban J connectivity index is 3.84. The lowest BCUT2D eigenvalue weighted by molar-refractivity contribution is -0.139. The summed E-state index contributed by atoms with van der Waals surface area (Å²) in [7, 11) is 5.51. The Kier molecular flexibility index (Phi) is 7.19. The molecule has 0 aliphatic carbocycles. The van der Waals surface area contributed by atoms with E-state index in [4.69, 9.17) is 0 Å². The number of rotatable bonds is 7. The Labute approximate surface area is 107 Å². The molecule has 0 aliphatic heterocycles. The first-order valence-electron chi connectivity index (χ1n) is 5.36. The van der Waals surface area contributed by atoms with Crippen molar-refractivity contribution in [3.63, 3.8) is 0 Å².